The fourth-order valence-electron chi connectivity index (χ4n) is 3.21. The van der Waals surface area contributed by atoms with Gasteiger partial charge < -0.3 is 19.4 Å². The Balaban J connectivity index is 1.48. The summed E-state index contributed by atoms with van der Waals surface area (Å²) in [6.45, 7) is 4.77. The van der Waals surface area contributed by atoms with Gasteiger partial charge in [-0.3, -0.25) is 4.79 Å². The molecule has 0 amide bonds. The highest BCUT2D eigenvalue weighted by Crippen LogP contribution is 2.20. The lowest BCUT2D eigenvalue weighted by Gasteiger charge is -2.28. The number of hydrogen-bond acceptors (Lipinski definition) is 6. The van der Waals surface area contributed by atoms with Crippen LogP contribution in [0.2, 0.25) is 0 Å². The molecule has 7 heteroatoms. The molecule has 3 aromatic rings. The molecule has 1 aromatic heterocycles. The highest BCUT2D eigenvalue weighted by Gasteiger charge is 2.18. The number of fused-ring (bicyclic) bond motifs is 1. The second-order valence-electron chi connectivity index (χ2n) is 6.66. The van der Waals surface area contributed by atoms with Crippen molar-refractivity contribution in [1.82, 2.24) is 9.97 Å². The van der Waals surface area contributed by atoms with Crippen molar-refractivity contribution >= 4 is 22.6 Å². The molecule has 144 valence electrons. The molecular formula is C21H21N3O4. The van der Waals surface area contributed by atoms with Crippen molar-refractivity contribution < 1.29 is 14.3 Å². The second-order valence-corrected chi connectivity index (χ2v) is 6.66. The van der Waals surface area contributed by atoms with Crippen molar-refractivity contribution in [1.29, 1.82) is 0 Å². The van der Waals surface area contributed by atoms with Gasteiger partial charge in [-0.1, -0.05) is 12.1 Å². The second kappa shape index (κ2) is 7.82. The summed E-state index contributed by atoms with van der Waals surface area (Å²) in [5.74, 6) is -0.140. The maximum absolute atomic E-state index is 12.5. The highest BCUT2D eigenvalue weighted by atomic mass is 16.5. The summed E-state index contributed by atoms with van der Waals surface area (Å²) in [5.41, 5.74) is 1.82. The first-order valence-corrected chi connectivity index (χ1v) is 9.24. The molecule has 1 aliphatic heterocycles. The van der Waals surface area contributed by atoms with E-state index in [-0.39, 0.29) is 5.56 Å². The topological polar surface area (TPSA) is 84.5 Å². The number of aromatic nitrogens is 2. The lowest BCUT2D eigenvalue weighted by Crippen LogP contribution is -2.36. The third-order valence-electron chi connectivity index (χ3n) is 4.78. The number of esters is 1. The first-order valence-electron chi connectivity index (χ1n) is 9.24. The van der Waals surface area contributed by atoms with E-state index in [1.807, 2.05) is 18.2 Å². The Bertz CT molecular complexity index is 1040. The molecule has 0 radical (unpaired) electrons. The summed E-state index contributed by atoms with van der Waals surface area (Å²) >= 11 is 0. The predicted octanol–water partition coefficient (Wildman–Crippen LogP) is 2.68. The van der Waals surface area contributed by atoms with Crippen LogP contribution in [0.4, 0.5) is 5.69 Å². The van der Waals surface area contributed by atoms with Crippen molar-refractivity contribution in [2.75, 3.05) is 31.2 Å². The molecule has 1 fully saturated rings. The fourth-order valence-corrected chi connectivity index (χ4v) is 3.21. The zero-order chi connectivity index (χ0) is 19.5. The van der Waals surface area contributed by atoms with E-state index >= 15 is 0 Å². The number of benzene rings is 2. The van der Waals surface area contributed by atoms with E-state index in [0.717, 1.165) is 18.8 Å². The number of H-pyrrole nitrogens is 1. The number of rotatable bonds is 4. The van der Waals surface area contributed by atoms with Gasteiger partial charge in [-0.05, 0) is 43.3 Å². The van der Waals surface area contributed by atoms with Gasteiger partial charge in [-0.15, -0.1) is 0 Å². The summed E-state index contributed by atoms with van der Waals surface area (Å²) in [4.78, 5) is 34.0. The molecule has 2 aromatic carbocycles. The highest BCUT2D eigenvalue weighted by molar-refractivity contribution is 5.90. The van der Waals surface area contributed by atoms with Gasteiger partial charge >= 0.3 is 5.97 Å². The molecule has 7 nitrogen and oxygen atoms in total. The fraction of sp³-hybridized carbons (Fsp3) is 0.286. The van der Waals surface area contributed by atoms with Crippen LogP contribution in [0.1, 0.15) is 29.2 Å². The maximum Gasteiger partial charge on any atom is 0.338 e. The number of aromatic amines is 1. The summed E-state index contributed by atoms with van der Waals surface area (Å²) in [6, 6.07) is 14.4. The van der Waals surface area contributed by atoms with Crippen molar-refractivity contribution in [3.8, 4) is 0 Å². The van der Waals surface area contributed by atoms with E-state index < -0.39 is 12.1 Å². The van der Waals surface area contributed by atoms with E-state index in [2.05, 4.69) is 14.9 Å². The Morgan fingerprint density at radius 2 is 1.86 bits per heavy atom. The first-order chi connectivity index (χ1) is 13.6. The summed E-state index contributed by atoms with van der Waals surface area (Å²) < 4.78 is 10.9. The zero-order valence-electron chi connectivity index (χ0n) is 15.6. The lowest BCUT2D eigenvalue weighted by atomic mass is 10.2. The molecule has 1 unspecified atom stereocenters. The molecule has 2 heterocycles. The van der Waals surface area contributed by atoms with Crippen molar-refractivity contribution in [2.24, 2.45) is 0 Å². The van der Waals surface area contributed by atoms with E-state index in [1.54, 1.807) is 37.3 Å². The number of carbonyl (C=O) groups excluding carboxylic acids is 1. The largest absolute Gasteiger partial charge is 0.451 e. The molecule has 0 spiro atoms. The van der Waals surface area contributed by atoms with E-state index in [1.165, 1.54) is 0 Å². The average Bonchev–Trinajstić information content (AvgIpc) is 2.74. The maximum atomic E-state index is 12.5. The number of hydrogen-bond donors (Lipinski definition) is 1. The SMILES string of the molecule is CC(OC(=O)c1ccc(N2CCOCC2)cc1)c1nc2ccccc2c(=O)[nH]1. The van der Waals surface area contributed by atoms with E-state index in [4.69, 9.17) is 9.47 Å². The summed E-state index contributed by atoms with van der Waals surface area (Å²) in [6.07, 6.45) is -0.677. The minimum atomic E-state index is -0.677. The quantitative estimate of drug-likeness (QED) is 0.702. The van der Waals surface area contributed by atoms with Crippen molar-refractivity contribution in [2.45, 2.75) is 13.0 Å². The average molecular weight is 379 g/mol. The van der Waals surface area contributed by atoms with Gasteiger partial charge in [0.2, 0.25) is 0 Å². The molecule has 0 aliphatic carbocycles. The van der Waals surface area contributed by atoms with E-state index in [0.29, 0.717) is 35.5 Å². The van der Waals surface area contributed by atoms with Crippen LogP contribution < -0.4 is 10.5 Å². The molecule has 1 aliphatic rings. The van der Waals surface area contributed by atoms with Gasteiger partial charge in [0, 0.05) is 18.8 Å². The van der Waals surface area contributed by atoms with Crippen LogP contribution in [-0.4, -0.2) is 42.2 Å². The Kier molecular flexibility index (Phi) is 5.08. The van der Waals surface area contributed by atoms with Crippen LogP contribution in [0.5, 0.6) is 0 Å². The zero-order valence-corrected chi connectivity index (χ0v) is 15.6. The van der Waals surface area contributed by atoms with Crippen LogP contribution in [0.15, 0.2) is 53.3 Å². The van der Waals surface area contributed by atoms with Crippen LogP contribution in [0, 0.1) is 0 Å². The summed E-state index contributed by atoms with van der Waals surface area (Å²) in [7, 11) is 0. The van der Waals surface area contributed by atoms with Gasteiger partial charge in [0.05, 0.1) is 29.7 Å². The molecule has 4 rings (SSSR count). The van der Waals surface area contributed by atoms with Gasteiger partial charge in [-0.2, -0.15) is 0 Å². The van der Waals surface area contributed by atoms with Gasteiger partial charge in [0.1, 0.15) is 0 Å². The number of anilines is 1. The van der Waals surface area contributed by atoms with Crippen LogP contribution in [-0.2, 0) is 9.47 Å². The number of carbonyl (C=O) groups is 1. The Morgan fingerprint density at radius 1 is 1.14 bits per heavy atom. The standard InChI is InChI=1S/C21H21N3O4/c1-14(19-22-18-5-3-2-4-17(18)20(25)23-19)28-21(26)15-6-8-16(9-7-15)24-10-12-27-13-11-24/h2-9,14H,10-13H2,1H3,(H,22,23,25). The van der Waals surface area contributed by atoms with Crippen molar-refractivity contribution in [3.05, 3.63) is 70.3 Å². The number of morpholine rings is 1. The minimum absolute atomic E-state index is 0.252. The molecule has 1 atom stereocenters. The van der Waals surface area contributed by atoms with E-state index in [9.17, 15) is 9.59 Å². The first kappa shape index (κ1) is 18.2. The monoisotopic (exact) mass is 379 g/mol. The Morgan fingerprint density at radius 3 is 2.61 bits per heavy atom. The third kappa shape index (κ3) is 3.75. The van der Waals surface area contributed by atoms with Crippen molar-refractivity contribution in [3.63, 3.8) is 0 Å². The number of nitrogens with zero attached hydrogens (tertiary/aromatic N) is 2. The smallest absolute Gasteiger partial charge is 0.338 e. The molecule has 0 saturated carbocycles. The van der Waals surface area contributed by atoms with Crippen LogP contribution in [0.3, 0.4) is 0 Å². The van der Waals surface area contributed by atoms with Gasteiger partial charge in [0.15, 0.2) is 11.9 Å². The predicted molar refractivity (Wildman–Crippen MR) is 106 cm³/mol. The molecule has 28 heavy (non-hydrogen) atoms. The lowest BCUT2D eigenvalue weighted by molar-refractivity contribution is 0.0320. The molecule has 0 bridgehead atoms. The third-order valence-corrected chi connectivity index (χ3v) is 4.78. The number of para-hydroxylation sites is 1. The Hall–Kier alpha value is -3.19. The number of nitrogens with one attached hydrogen (secondary N) is 1. The van der Waals surface area contributed by atoms with Crippen LogP contribution in [0.25, 0.3) is 10.9 Å². The van der Waals surface area contributed by atoms with Gasteiger partial charge in [0.25, 0.3) is 5.56 Å². The van der Waals surface area contributed by atoms with Gasteiger partial charge in [-0.25, -0.2) is 9.78 Å². The normalized spacial score (nSPS) is 15.4. The Labute approximate surface area is 161 Å². The summed E-state index contributed by atoms with van der Waals surface area (Å²) in [5, 5.41) is 0.503. The molecule has 1 N–H and O–H groups in total. The minimum Gasteiger partial charge on any atom is -0.451 e. The van der Waals surface area contributed by atoms with Crippen LogP contribution >= 0.6 is 0 Å². The molecule has 1 saturated heterocycles. The molecular weight excluding hydrogens is 358 g/mol. The number of ether oxygens (including phenoxy) is 2.